The van der Waals surface area contributed by atoms with E-state index in [4.69, 9.17) is 0 Å². The SMILES string of the molecule is Cc1cc2c(cc1C)NC(CC(=O)Nc1cccc3ccccc13)C(=O)N2. The van der Waals surface area contributed by atoms with Crippen LogP contribution in [0.3, 0.4) is 0 Å². The van der Waals surface area contributed by atoms with E-state index in [0.29, 0.717) is 0 Å². The van der Waals surface area contributed by atoms with Gasteiger partial charge in [0.05, 0.1) is 17.8 Å². The van der Waals surface area contributed by atoms with Crippen molar-refractivity contribution in [1.29, 1.82) is 0 Å². The van der Waals surface area contributed by atoms with Gasteiger partial charge in [0.15, 0.2) is 0 Å². The topological polar surface area (TPSA) is 70.2 Å². The van der Waals surface area contributed by atoms with E-state index in [1.165, 1.54) is 0 Å². The van der Waals surface area contributed by atoms with Crippen molar-refractivity contribution in [3.63, 3.8) is 0 Å². The molecule has 0 saturated carbocycles. The molecule has 1 aliphatic heterocycles. The standard InChI is InChI=1S/C22H21N3O2/c1-13-10-18-19(11-14(13)2)25-22(27)20(23-18)12-21(26)24-17-9-5-7-15-6-3-4-8-16(15)17/h3-11,20,23H,12H2,1-2H3,(H,24,26)(H,25,27). The Morgan fingerprint density at radius 2 is 1.70 bits per heavy atom. The maximum Gasteiger partial charge on any atom is 0.247 e. The number of fused-ring (bicyclic) bond motifs is 2. The average Bonchev–Trinajstić information content (AvgIpc) is 2.64. The lowest BCUT2D eigenvalue weighted by molar-refractivity contribution is -0.122. The maximum absolute atomic E-state index is 12.6. The lowest BCUT2D eigenvalue weighted by Gasteiger charge is -2.27. The highest BCUT2D eigenvalue weighted by Crippen LogP contribution is 2.30. The third kappa shape index (κ3) is 3.36. The fraction of sp³-hybridized carbons (Fsp3) is 0.182. The highest BCUT2D eigenvalue weighted by atomic mass is 16.2. The Morgan fingerprint density at radius 1 is 1.00 bits per heavy atom. The molecule has 2 amide bonds. The van der Waals surface area contributed by atoms with Crippen LogP contribution in [0.1, 0.15) is 17.5 Å². The molecular weight excluding hydrogens is 338 g/mol. The zero-order chi connectivity index (χ0) is 19.0. The van der Waals surface area contributed by atoms with E-state index in [2.05, 4.69) is 16.0 Å². The first kappa shape index (κ1) is 17.1. The van der Waals surface area contributed by atoms with Crippen LogP contribution in [0, 0.1) is 13.8 Å². The molecular formula is C22H21N3O2. The first-order valence-electron chi connectivity index (χ1n) is 8.97. The summed E-state index contributed by atoms with van der Waals surface area (Å²) in [6.07, 6.45) is 0.0570. The Hall–Kier alpha value is -3.34. The lowest BCUT2D eigenvalue weighted by atomic mass is 10.0. The van der Waals surface area contributed by atoms with Crippen LogP contribution in [-0.4, -0.2) is 17.9 Å². The van der Waals surface area contributed by atoms with Gasteiger partial charge in [0, 0.05) is 11.1 Å². The number of rotatable bonds is 3. The number of carbonyl (C=O) groups excluding carboxylic acids is 2. The lowest BCUT2D eigenvalue weighted by Crippen LogP contribution is -2.41. The molecule has 1 heterocycles. The molecule has 1 aliphatic rings. The van der Waals surface area contributed by atoms with E-state index in [0.717, 1.165) is 39.0 Å². The molecule has 0 radical (unpaired) electrons. The fourth-order valence-corrected chi connectivity index (χ4v) is 3.38. The van der Waals surface area contributed by atoms with Crippen molar-refractivity contribution in [2.75, 3.05) is 16.0 Å². The quantitative estimate of drug-likeness (QED) is 0.656. The number of amides is 2. The van der Waals surface area contributed by atoms with Crippen LogP contribution in [0.5, 0.6) is 0 Å². The third-order valence-electron chi connectivity index (χ3n) is 4.99. The van der Waals surface area contributed by atoms with Gasteiger partial charge in [0.2, 0.25) is 11.8 Å². The third-order valence-corrected chi connectivity index (χ3v) is 4.99. The van der Waals surface area contributed by atoms with Crippen LogP contribution in [0.15, 0.2) is 54.6 Å². The monoisotopic (exact) mass is 359 g/mol. The van der Waals surface area contributed by atoms with Crippen LogP contribution in [0.2, 0.25) is 0 Å². The van der Waals surface area contributed by atoms with Gasteiger partial charge in [-0.05, 0) is 48.6 Å². The van der Waals surface area contributed by atoms with Crippen molar-refractivity contribution in [3.05, 3.63) is 65.7 Å². The van der Waals surface area contributed by atoms with E-state index in [1.54, 1.807) is 0 Å². The Kier molecular flexibility index (Phi) is 4.28. The van der Waals surface area contributed by atoms with Gasteiger partial charge in [0.1, 0.15) is 6.04 Å². The smallest absolute Gasteiger partial charge is 0.247 e. The molecule has 0 saturated heterocycles. The van der Waals surface area contributed by atoms with Crippen LogP contribution in [-0.2, 0) is 9.59 Å². The maximum atomic E-state index is 12.6. The molecule has 136 valence electrons. The predicted molar refractivity (Wildman–Crippen MR) is 109 cm³/mol. The van der Waals surface area contributed by atoms with Gasteiger partial charge in [-0.15, -0.1) is 0 Å². The molecule has 0 fully saturated rings. The minimum atomic E-state index is -0.602. The summed E-state index contributed by atoms with van der Waals surface area (Å²) >= 11 is 0. The Bertz CT molecular complexity index is 1050. The van der Waals surface area contributed by atoms with E-state index in [1.807, 2.05) is 68.4 Å². The number of nitrogens with one attached hydrogen (secondary N) is 3. The number of hydrogen-bond acceptors (Lipinski definition) is 3. The molecule has 0 aromatic heterocycles. The van der Waals surface area contributed by atoms with Crippen molar-refractivity contribution < 1.29 is 9.59 Å². The summed E-state index contributed by atoms with van der Waals surface area (Å²) in [6.45, 7) is 4.03. The molecule has 0 aliphatic carbocycles. The van der Waals surface area contributed by atoms with E-state index in [9.17, 15) is 9.59 Å². The van der Waals surface area contributed by atoms with Gasteiger partial charge in [-0.1, -0.05) is 36.4 Å². The minimum Gasteiger partial charge on any atom is -0.372 e. The van der Waals surface area contributed by atoms with Crippen molar-refractivity contribution in [2.24, 2.45) is 0 Å². The number of carbonyl (C=O) groups is 2. The molecule has 3 aromatic rings. The first-order chi connectivity index (χ1) is 13.0. The summed E-state index contributed by atoms with van der Waals surface area (Å²) < 4.78 is 0. The predicted octanol–water partition coefficient (Wildman–Crippen LogP) is 4.22. The van der Waals surface area contributed by atoms with Crippen molar-refractivity contribution in [3.8, 4) is 0 Å². The summed E-state index contributed by atoms with van der Waals surface area (Å²) in [4.78, 5) is 25.0. The second-order valence-corrected chi connectivity index (χ2v) is 6.95. The van der Waals surface area contributed by atoms with Crippen LogP contribution in [0.4, 0.5) is 17.1 Å². The molecule has 5 heteroatoms. The molecule has 1 atom stereocenters. The summed E-state index contributed by atoms with van der Waals surface area (Å²) in [5, 5.41) is 11.1. The summed E-state index contributed by atoms with van der Waals surface area (Å²) in [5.41, 5.74) is 4.61. The van der Waals surface area contributed by atoms with Gasteiger partial charge in [-0.25, -0.2) is 0 Å². The minimum absolute atomic E-state index is 0.0570. The number of benzene rings is 3. The van der Waals surface area contributed by atoms with Crippen LogP contribution >= 0.6 is 0 Å². The molecule has 1 unspecified atom stereocenters. The molecule has 5 nitrogen and oxygen atoms in total. The number of hydrogen-bond donors (Lipinski definition) is 3. The van der Waals surface area contributed by atoms with Crippen molar-refractivity contribution >= 4 is 39.6 Å². The van der Waals surface area contributed by atoms with E-state index < -0.39 is 6.04 Å². The fourth-order valence-electron chi connectivity index (χ4n) is 3.38. The van der Waals surface area contributed by atoms with Crippen LogP contribution in [0.25, 0.3) is 10.8 Å². The number of anilines is 3. The zero-order valence-corrected chi connectivity index (χ0v) is 15.3. The van der Waals surface area contributed by atoms with Gasteiger partial charge in [-0.3, -0.25) is 9.59 Å². The Morgan fingerprint density at radius 3 is 2.52 bits per heavy atom. The van der Waals surface area contributed by atoms with Gasteiger partial charge in [0.25, 0.3) is 0 Å². The number of aryl methyl sites for hydroxylation is 2. The van der Waals surface area contributed by atoms with Gasteiger partial charge < -0.3 is 16.0 Å². The molecule has 3 aromatic carbocycles. The van der Waals surface area contributed by atoms with Crippen molar-refractivity contribution in [2.45, 2.75) is 26.3 Å². The molecule has 3 N–H and O–H groups in total. The van der Waals surface area contributed by atoms with Gasteiger partial charge in [-0.2, -0.15) is 0 Å². The molecule has 0 spiro atoms. The molecule has 0 bridgehead atoms. The Labute approximate surface area is 157 Å². The van der Waals surface area contributed by atoms with Gasteiger partial charge >= 0.3 is 0 Å². The average molecular weight is 359 g/mol. The zero-order valence-electron chi connectivity index (χ0n) is 15.3. The van der Waals surface area contributed by atoms with E-state index in [-0.39, 0.29) is 18.2 Å². The summed E-state index contributed by atoms with van der Waals surface area (Å²) in [6, 6.07) is 17.0. The van der Waals surface area contributed by atoms with Crippen LogP contribution < -0.4 is 16.0 Å². The summed E-state index contributed by atoms with van der Waals surface area (Å²) in [5.74, 6) is -0.398. The second kappa shape index (κ2) is 6.76. The second-order valence-electron chi connectivity index (χ2n) is 6.95. The largest absolute Gasteiger partial charge is 0.372 e. The van der Waals surface area contributed by atoms with Crippen molar-refractivity contribution in [1.82, 2.24) is 0 Å². The first-order valence-corrected chi connectivity index (χ1v) is 8.97. The normalized spacial score (nSPS) is 15.6. The summed E-state index contributed by atoms with van der Waals surface area (Å²) in [7, 11) is 0. The highest BCUT2D eigenvalue weighted by molar-refractivity contribution is 6.08. The molecule has 27 heavy (non-hydrogen) atoms. The highest BCUT2D eigenvalue weighted by Gasteiger charge is 2.28. The molecule has 4 rings (SSSR count). The Balaban J connectivity index is 1.51. The van der Waals surface area contributed by atoms with E-state index >= 15 is 0 Å².